The number of hydrogen-bond acceptors (Lipinski definition) is 4. The number of pyridine rings is 1. The minimum absolute atomic E-state index is 0.0744. The number of anilines is 1. The van der Waals surface area contributed by atoms with Crippen molar-refractivity contribution in [2.45, 2.75) is 6.18 Å². The van der Waals surface area contributed by atoms with Crippen LogP contribution in [-0.4, -0.2) is 42.0 Å². The number of amides is 1. The van der Waals surface area contributed by atoms with Gasteiger partial charge in [0.15, 0.2) is 0 Å². The van der Waals surface area contributed by atoms with Crippen LogP contribution in [0.25, 0.3) is 16.5 Å². The van der Waals surface area contributed by atoms with Crippen LogP contribution in [0.3, 0.4) is 0 Å². The van der Waals surface area contributed by atoms with Gasteiger partial charge < -0.3 is 9.80 Å². The number of carbonyl (C=O) groups excluding carboxylic acids is 1. The lowest BCUT2D eigenvalue weighted by atomic mass is 10.2. The van der Waals surface area contributed by atoms with Crippen LogP contribution < -0.4 is 4.90 Å². The first-order valence-electron chi connectivity index (χ1n) is 9.80. The van der Waals surface area contributed by atoms with E-state index in [-0.39, 0.29) is 5.91 Å². The summed E-state index contributed by atoms with van der Waals surface area (Å²) in [6.45, 7) is 2.03. The summed E-state index contributed by atoms with van der Waals surface area (Å²) in [7, 11) is 0. The Balaban J connectivity index is 1.32. The lowest BCUT2D eigenvalue weighted by molar-refractivity contribution is -0.137. The largest absolute Gasteiger partial charge is 0.417 e. The zero-order chi connectivity index (χ0) is 21.8. The second-order valence-electron chi connectivity index (χ2n) is 7.12. The Bertz CT molecular complexity index is 1050. The highest BCUT2D eigenvalue weighted by atomic mass is 32.1. The van der Waals surface area contributed by atoms with Crippen molar-refractivity contribution in [3.63, 3.8) is 0 Å². The maximum absolute atomic E-state index is 12.7. The molecule has 4 rings (SSSR count). The van der Waals surface area contributed by atoms with Crippen LogP contribution in [-0.2, 0) is 11.0 Å². The Morgan fingerprint density at radius 1 is 0.968 bits per heavy atom. The Hall–Kier alpha value is -3.13. The van der Waals surface area contributed by atoms with Gasteiger partial charge in [0.1, 0.15) is 5.82 Å². The van der Waals surface area contributed by atoms with Gasteiger partial charge in [-0.05, 0) is 35.9 Å². The van der Waals surface area contributed by atoms with Gasteiger partial charge in [-0.3, -0.25) is 4.79 Å². The van der Waals surface area contributed by atoms with Crippen LogP contribution in [0.15, 0.2) is 66.9 Å². The van der Waals surface area contributed by atoms with Crippen molar-refractivity contribution in [3.05, 3.63) is 77.3 Å². The Labute approximate surface area is 182 Å². The summed E-state index contributed by atoms with van der Waals surface area (Å²) < 4.78 is 38.0. The minimum Gasteiger partial charge on any atom is -0.353 e. The molecule has 2 aromatic heterocycles. The average molecular weight is 443 g/mol. The first-order valence-corrected chi connectivity index (χ1v) is 10.6. The molecule has 4 nitrogen and oxygen atoms in total. The van der Waals surface area contributed by atoms with E-state index in [1.807, 2.05) is 41.3 Å². The third kappa shape index (κ3) is 5.14. The summed E-state index contributed by atoms with van der Waals surface area (Å²) in [6.07, 6.45) is -0.149. The zero-order valence-corrected chi connectivity index (χ0v) is 17.4. The molecular formula is C23H20F3N3OS. The fourth-order valence-electron chi connectivity index (χ4n) is 3.36. The number of alkyl halides is 3. The lowest BCUT2D eigenvalue weighted by Gasteiger charge is -2.35. The molecule has 0 saturated carbocycles. The van der Waals surface area contributed by atoms with E-state index in [2.05, 4.69) is 17.1 Å². The van der Waals surface area contributed by atoms with E-state index in [1.165, 1.54) is 6.07 Å². The predicted molar refractivity (Wildman–Crippen MR) is 117 cm³/mol. The summed E-state index contributed by atoms with van der Waals surface area (Å²) in [4.78, 5) is 22.2. The number of hydrogen-bond donors (Lipinski definition) is 0. The van der Waals surface area contributed by atoms with E-state index < -0.39 is 11.7 Å². The molecule has 0 unspecified atom stereocenters. The van der Waals surface area contributed by atoms with E-state index in [0.29, 0.717) is 32.0 Å². The molecule has 1 aliphatic heterocycles. The van der Waals surface area contributed by atoms with E-state index in [4.69, 9.17) is 0 Å². The van der Waals surface area contributed by atoms with Gasteiger partial charge in [-0.25, -0.2) is 4.98 Å². The molecule has 1 aliphatic rings. The maximum atomic E-state index is 12.7. The smallest absolute Gasteiger partial charge is 0.353 e. The summed E-state index contributed by atoms with van der Waals surface area (Å²) >= 11 is 1.62. The summed E-state index contributed by atoms with van der Waals surface area (Å²) in [5, 5.41) is 0. The molecule has 1 amide bonds. The van der Waals surface area contributed by atoms with Crippen molar-refractivity contribution in [2.75, 3.05) is 31.1 Å². The molecule has 0 N–H and O–H groups in total. The maximum Gasteiger partial charge on any atom is 0.417 e. The highest BCUT2D eigenvalue weighted by molar-refractivity contribution is 7.16. The van der Waals surface area contributed by atoms with Gasteiger partial charge in [0.2, 0.25) is 5.91 Å². The van der Waals surface area contributed by atoms with E-state index in [9.17, 15) is 18.0 Å². The molecule has 8 heteroatoms. The van der Waals surface area contributed by atoms with Gasteiger partial charge in [-0.15, -0.1) is 11.3 Å². The molecule has 0 bridgehead atoms. The lowest BCUT2D eigenvalue weighted by Crippen LogP contribution is -2.48. The molecule has 0 atom stereocenters. The highest BCUT2D eigenvalue weighted by Crippen LogP contribution is 2.30. The second kappa shape index (κ2) is 8.93. The average Bonchev–Trinajstić information content (AvgIpc) is 3.27. The number of aromatic nitrogens is 1. The van der Waals surface area contributed by atoms with Crippen molar-refractivity contribution in [2.24, 2.45) is 0 Å². The first kappa shape index (κ1) is 21.1. The molecule has 160 valence electrons. The monoisotopic (exact) mass is 443 g/mol. The topological polar surface area (TPSA) is 36.4 Å². The Kier molecular flexibility index (Phi) is 6.08. The number of piperazine rings is 1. The predicted octanol–water partition coefficient (Wildman–Crippen LogP) is 5.19. The number of benzene rings is 1. The molecule has 0 radical (unpaired) electrons. The fraction of sp³-hybridized carbons (Fsp3) is 0.217. The number of nitrogens with zero attached hydrogens (tertiary/aromatic N) is 3. The third-order valence-electron chi connectivity index (χ3n) is 5.07. The van der Waals surface area contributed by atoms with Crippen LogP contribution in [0.1, 0.15) is 10.4 Å². The van der Waals surface area contributed by atoms with Crippen LogP contribution in [0, 0.1) is 0 Å². The van der Waals surface area contributed by atoms with E-state index >= 15 is 0 Å². The molecule has 1 fully saturated rings. The van der Waals surface area contributed by atoms with Crippen molar-refractivity contribution >= 4 is 29.1 Å². The van der Waals surface area contributed by atoms with Gasteiger partial charge in [0.25, 0.3) is 0 Å². The molecule has 3 aromatic rings. The highest BCUT2D eigenvalue weighted by Gasteiger charge is 2.31. The summed E-state index contributed by atoms with van der Waals surface area (Å²) in [6, 6.07) is 16.5. The number of halogens is 3. The van der Waals surface area contributed by atoms with Crippen molar-refractivity contribution < 1.29 is 18.0 Å². The van der Waals surface area contributed by atoms with Crippen LogP contribution >= 0.6 is 11.3 Å². The van der Waals surface area contributed by atoms with Crippen molar-refractivity contribution in [3.8, 4) is 10.4 Å². The van der Waals surface area contributed by atoms with Gasteiger partial charge in [0.05, 0.1) is 5.56 Å². The van der Waals surface area contributed by atoms with Crippen LogP contribution in [0.2, 0.25) is 0 Å². The number of rotatable bonds is 4. The minimum atomic E-state index is -4.40. The summed E-state index contributed by atoms with van der Waals surface area (Å²) in [5.74, 6) is 0.414. The van der Waals surface area contributed by atoms with E-state index in [1.54, 1.807) is 22.3 Å². The van der Waals surface area contributed by atoms with Crippen molar-refractivity contribution in [1.82, 2.24) is 9.88 Å². The second-order valence-corrected chi connectivity index (χ2v) is 8.23. The number of carbonyl (C=O) groups is 1. The molecule has 31 heavy (non-hydrogen) atoms. The fourth-order valence-corrected chi connectivity index (χ4v) is 4.27. The molecule has 1 aromatic carbocycles. The normalized spacial score (nSPS) is 14.9. The number of thiophene rings is 1. The molecule has 0 aliphatic carbocycles. The molecule has 3 heterocycles. The SMILES string of the molecule is O=C(/C=C/c1ccc(-c2ccccc2)s1)N1CCN(c2ccc(C(F)(F)F)cn2)CC1. The third-order valence-corrected chi connectivity index (χ3v) is 6.17. The molecular weight excluding hydrogens is 423 g/mol. The zero-order valence-electron chi connectivity index (χ0n) is 16.5. The quantitative estimate of drug-likeness (QED) is 0.521. The molecule has 1 saturated heterocycles. The first-order chi connectivity index (χ1) is 14.9. The van der Waals surface area contributed by atoms with Crippen LogP contribution in [0.5, 0.6) is 0 Å². The standard InChI is InChI=1S/C23H20F3N3OS/c24-23(25,26)18-6-10-21(27-16-18)28-12-14-29(15-13-28)22(30)11-8-19-7-9-20(31-19)17-4-2-1-3-5-17/h1-11,16H,12-15H2/b11-8+. The Morgan fingerprint density at radius 3 is 2.35 bits per heavy atom. The Morgan fingerprint density at radius 2 is 1.71 bits per heavy atom. The van der Waals surface area contributed by atoms with Crippen LogP contribution in [0.4, 0.5) is 19.0 Å². The van der Waals surface area contributed by atoms with E-state index in [0.717, 1.165) is 27.6 Å². The van der Waals surface area contributed by atoms with Gasteiger partial charge in [0, 0.05) is 48.2 Å². The van der Waals surface area contributed by atoms with Gasteiger partial charge in [-0.1, -0.05) is 30.3 Å². The van der Waals surface area contributed by atoms with Gasteiger partial charge >= 0.3 is 6.18 Å². The summed E-state index contributed by atoms with van der Waals surface area (Å²) in [5.41, 5.74) is 0.380. The van der Waals surface area contributed by atoms with Crippen molar-refractivity contribution in [1.29, 1.82) is 0 Å². The molecule has 0 spiro atoms. The van der Waals surface area contributed by atoms with Gasteiger partial charge in [-0.2, -0.15) is 13.2 Å².